The van der Waals surface area contributed by atoms with Crippen LogP contribution in [-0.4, -0.2) is 17.1 Å². The fraction of sp³-hybridized carbons (Fsp3) is 0.538. The van der Waals surface area contributed by atoms with Crippen LogP contribution in [0.4, 0.5) is 13.2 Å². The highest BCUT2D eigenvalue weighted by molar-refractivity contribution is 6.30. The minimum atomic E-state index is -2.67. The molecule has 0 amide bonds. The topological polar surface area (TPSA) is 20.2 Å². The number of aliphatic hydroxyl groups excluding tert-OH is 1. The highest BCUT2D eigenvalue weighted by Gasteiger charge is 2.42. The maximum atomic E-state index is 13.2. The Kier molecular flexibility index (Phi) is 3.87. The summed E-state index contributed by atoms with van der Waals surface area (Å²) in [5.41, 5.74) is 0.569. The lowest BCUT2D eigenvalue weighted by Crippen LogP contribution is -2.22. The van der Waals surface area contributed by atoms with Crippen LogP contribution in [0.5, 0.6) is 0 Å². The van der Waals surface area contributed by atoms with Crippen molar-refractivity contribution in [3.63, 3.8) is 0 Å². The molecular weight excluding hydrogens is 265 g/mol. The van der Waals surface area contributed by atoms with Crippen molar-refractivity contribution in [2.75, 3.05) is 0 Å². The van der Waals surface area contributed by atoms with E-state index in [1.54, 1.807) is 6.07 Å². The Morgan fingerprint density at radius 1 is 1.44 bits per heavy atom. The highest BCUT2D eigenvalue weighted by atomic mass is 35.5. The smallest absolute Gasteiger partial charge is 0.248 e. The second-order valence-corrected chi connectivity index (χ2v) is 5.29. The molecule has 1 aromatic carbocycles. The monoisotopic (exact) mass is 278 g/mol. The maximum absolute atomic E-state index is 13.2. The molecule has 1 nitrogen and oxygen atoms in total. The second kappa shape index (κ2) is 5.10. The van der Waals surface area contributed by atoms with E-state index in [0.29, 0.717) is 12.0 Å². The zero-order valence-corrected chi connectivity index (χ0v) is 10.4. The standard InChI is InChI=1S/C13H14ClF3O/c14-10-2-1-8(5-11(10)15)6-12(18)9-3-4-13(16,17)7-9/h1-2,5,9,12,18H,3-4,6-7H2. The van der Waals surface area contributed by atoms with E-state index in [9.17, 15) is 18.3 Å². The SMILES string of the molecule is OC(Cc1ccc(Cl)c(F)c1)C1CCC(F)(F)C1. The van der Waals surface area contributed by atoms with E-state index in [-0.39, 0.29) is 24.3 Å². The lowest BCUT2D eigenvalue weighted by Gasteiger charge is -2.18. The maximum Gasteiger partial charge on any atom is 0.248 e. The Labute approximate surface area is 109 Å². The number of benzene rings is 1. The molecule has 1 aliphatic rings. The predicted octanol–water partition coefficient (Wildman–Crippen LogP) is 3.82. The molecule has 1 fully saturated rings. The first-order chi connectivity index (χ1) is 8.37. The fourth-order valence-corrected chi connectivity index (χ4v) is 2.51. The molecule has 2 rings (SSSR count). The minimum Gasteiger partial charge on any atom is -0.392 e. The Balaban J connectivity index is 1.99. The van der Waals surface area contributed by atoms with Crippen molar-refractivity contribution in [2.45, 2.75) is 37.7 Å². The summed E-state index contributed by atoms with van der Waals surface area (Å²) in [6, 6.07) is 4.24. The first-order valence-electron chi connectivity index (χ1n) is 5.87. The van der Waals surface area contributed by atoms with Crippen molar-refractivity contribution >= 4 is 11.6 Å². The Morgan fingerprint density at radius 2 is 2.17 bits per heavy atom. The number of hydrogen-bond acceptors (Lipinski definition) is 1. The first kappa shape index (κ1) is 13.7. The quantitative estimate of drug-likeness (QED) is 0.891. The third kappa shape index (κ3) is 3.18. The van der Waals surface area contributed by atoms with Crippen molar-refractivity contribution in [3.8, 4) is 0 Å². The number of rotatable bonds is 3. The van der Waals surface area contributed by atoms with Crippen LogP contribution < -0.4 is 0 Å². The zero-order valence-electron chi connectivity index (χ0n) is 9.67. The van der Waals surface area contributed by atoms with Gasteiger partial charge in [0.1, 0.15) is 5.82 Å². The van der Waals surface area contributed by atoms with Gasteiger partial charge in [-0.15, -0.1) is 0 Å². The van der Waals surface area contributed by atoms with E-state index in [0.717, 1.165) is 0 Å². The summed E-state index contributed by atoms with van der Waals surface area (Å²) in [6.45, 7) is 0. The average Bonchev–Trinajstić information content (AvgIpc) is 2.64. The predicted molar refractivity (Wildman–Crippen MR) is 63.4 cm³/mol. The van der Waals surface area contributed by atoms with E-state index in [2.05, 4.69) is 0 Å². The van der Waals surface area contributed by atoms with Gasteiger partial charge in [0.15, 0.2) is 0 Å². The summed E-state index contributed by atoms with van der Waals surface area (Å²) in [6.07, 6.45) is -0.841. The molecule has 1 aliphatic carbocycles. The van der Waals surface area contributed by atoms with E-state index in [1.807, 2.05) is 0 Å². The molecule has 1 N–H and O–H groups in total. The van der Waals surface area contributed by atoms with E-state index >= 15 is 0 Å². The molecular formula is C13H14ClF3O. The number of aliphatic hydroxyl groups is 1. The zero-order chi connectivity index (χ0) is 13.3. The Morgan fingerprint density at radius 3 is 2.72 bits per heavy atom. The fourth-order valence-electron chi connectivity index (χ4n) is 2.39. The van der Waals surface area contributed by atoms with Gasteiger partial charge in [-0.2, -0.15) is 0 Å². The van der Waals surface area contributed by atoms with Crippen LogP contribution >= 0.6 is 11.6 Å². The number of hydrogen-bond donors (Lipinski definition) is 1. The van der Waals surface area contributed by atoms with Gasteiger partial charge in [-0.05, 0) is 36.5 Å². The molecule has 0 saturated heterocycles. The second-order valence-electron chi connectivity index (χ2n) is 4.88. The molecule has 100 valence electrons. The van der Waals surface area contributed by atoms with Crippen LogP contribution in [-0.2, 0) is 6.42 Å². The average molecular weight is 279 g/mol. The Hall–Kier alpha value is -0.740. The van der Waals surface area contributed by atoms with Gasteiger partial charge in [-0.3, -0.25) is 0 Å². The van der Waals surface area contributed by atoms with Crippen molar-refractivity contribution in [1.82, 2.24) is 0 Å². The van der Waals surface area contributed by atoms with Crippen LogP contribution in [0.25, 0.3) is 0 Å². The third-order valence-corrected chi connectivity index (χ3v) is 3.72. The van der Waals surface area contributed by atoms with Gasteiger partial charge in [0.2, 0.25) is 5.92 Å². The van der Waals surface area contributed by atoms with Gasteiger partial charge >= 0.3 is 0 Å². The molecule has 0 spiro atoms. The van der Waals surface area contributed by atoms with Gasteiger partial charge < -0.3 is 5.11 Å². The molecule has 0 bridgehead atoms. The summed E-state index contributed by atoms with van der Waals surface area (Å²) in [5.74, 6) is -3.64. The van der Waals surface area contributed by atoms with E-state index in [1.165, 1.54) is 12.1 Å². The first-order valence-corrected chi connectivity index (χ1v) is 6.25. The van der Waals surface area contributed by atoms with E-state index < -0.39 is 23.8 Å². The molecule has 0 heterocycles. The molecule has 2 atom stereocenters. The van der Waals surface area contributed by atoms with Crippen LogP contribution in [0, 0.1) is 11.7 Å². The molecule has 5 heteroatoms. The number of halogens is 4. The molecule has 0 aliphatic heterocycles. The lowest BCUT2D eigenvalue weighted by atomic mass is 9.94. The minimum absolute atomic E-state index is 0.0145. The van der Waals surface area contributed by atoms with Crippen LogP contribution in [0.2, 0.25) is 5.02 Å². The van der Waals surface area contributed by atoms with Gasteiger partial charge in [0.25, 0.3) is 0 Å². The Bertz CT molecular complexity index is 436. The molecule has 0 radical (unpaired) electrons. The van der Waals surface area contributed by atoms with Crippen molar-refractivity contribution in [1.29, 1.82) is 0 Å². The van der Waals surface area contributed by atoms with Crippen LogP contribution in [0.3, 0.4) is 0 Å². The van der Waals surface area contributed by atoms with Crippen molar-refractivity contribution in [2.24, 2.45) is 5.92 Å². The van der Waals surface area contributed by atoms with Crippen LogP contribution in [0.15, 0.2) is 18.2 Å². The van der Waals surface area contributed by atoms with E-state index in [4.69, 9.17) is 11.6 Å². The third-order valence-electron chi connectivity index (χ3n) is 3.41. The lowest BCUT2D eigenvalue weighted by molar-refractivity contribution is -0.00480. The summed E-state index contributed by atoms with van der Waals surface area (Å²) < 4.78 is 39.2. The summed E-state index contributed by atoms with van der Waals surface area (Å²) in [5, 5.41) is 9.92. The summed E-state index contributed by atoms with van der Waals surface area (Å²) in [4.78, 5) is 0. The van der Waals surface area contributed by atoms with Crippen LogP contribution in [0.1, 0.15) is 24.8 Å². The van der Waals surface area contributed by atoms with Gasteiger partial charge in [0.05, 0.1) is 11.1 Å². The highest BCUT2D eigenvalue weighted by Crippen LogP contribution is 2.40. The van der Waals surface area contributed by atoms with Gasteiger partial charge in [-0.25, -0.2) is 13.2 Å². The molecule has 18 heavy (non-hydrogen) atoms. The summed E-state index contributed by atoms with van der Waals surface area (Å²) in [7, 11) is 0. The van der Waals surface area contributed by atoms with Crippen molar-refractivity contribution < 1.29 is 18.3 Å². The van der Waals surface area contributed by atoms with Gasteiger partial charge in [-0.1, -0.05) is 17.7 Å². The van der Waals surface area contributed by atoms with Gasteiger partial charge in [0, 0.05) is 12.8 Å². The molecule has 2 unspecified atom stereocenters. The molecule has 1 saturated carbocycles. The normalized spacial score (nSPS) is 24.2. The molecule has 1 aromatic rings. The summed E-state index contributed by atoms with van der Waals surface area (Å²) >= 11 is 5.55. The molecule has 0 aromatic heterocycles. The largest absolute Gasteiger partial charge is 0.392 e. The van der Waals surface area contributed by atoms with Crippen molar-refractivity contribution in [3.05, 3.63) is 34.6 Å². The number of alkyl halides is 2.